The molecule has 0 spiro atoms. The van der Waals surface area contributed by atoms with Crippen molar-refractivity contribution in [1.29, 1.82) is 0 Å². The third kappa shape index (κ3) is 2.40. The highest BCUT2D eigenvalue weighted by Gasteiger charge is 2.27. The smallest absolute Gasteiger partial charge is 0.206 e. The molecule has 0 amide bonds. The number of hydrogen-bond donors (Lipinski definition) is 3. The molecule has 5 nitrogen and oxygen atoms in total. The highest BCUT2D eigenvalue weighted by atomic mass is 32.1. The zero-order chi connectivity index (χ0) is 10.6. The first-order valence-electron chi connectivity index (χ1n) is 4.46. The van der Waals surface area contributed by atoms with E-state index in [0.717, 1.165) is 5.01 Å². The van der Waals surface area contributed by atoms with Crippen molar-refractivity contribution >= 4 is 16.5 Å². The van der Waals surface area contributed by atoms with Crippen LogP contribution in [0, 0.1) is 6.92 Å². The average Bonchev–Trinajstić information content (AvgIpc) is 2.61. The molecule has 0 aromatic carbocycles. The number of nitrogens with zero attached hydrogens (tertiary/aromatic N) is 2. The predicted molar refractivity (Wildman–Crippen MR) is 55.5 cm³/mol. The average molecular weight is 217 g/mol. The van der Waals surface area contributed by atoms with Crippen molar-refractivity contribution in [3.63, 3.8) is 0 Å². The molecule has 0 saturated carbocycles. The number of aliphatic hydroxyl groups is 2. The van der Waals surface area contributed by atoms with Gasteiger partial charge in [-0.1, -0.05) is 18.3 Å². The Morgan fingerprint density at radius 1 is 1.36 bits per heavy atom. The van der Waals surface area contributed by atoms with Gasteiger partial charge in [0.25, 0.3) is 0 Å². The lowest BCUT2D eigenvalue weighted by Gasteiger charge is -2.28. The van der Waals surface area contributed by atoms with E-state index in [4.69, 9.17) is 0 Å². The van der Waals surface area contributed by atoms with Crippen LogP contribution in [0.15, 0.2) is 0 Å². The molecular formula is C8H15N3O2S. The van der Waals surface area contributed by atoms with Gasteiger partial charge in [0.2, 0.25) is 5.13 Å². The summed E-state index contributed by atoms with van der Waals surface area (Å²) in [6, 6.07) is 0. The van der Waals surface area contributed by atoms with Gasteiger partial charge in [0, 0.05) is 0 Å². The summed E-state index contributed by atoms with van der Waals surface area (Å²) >= 11 is 1.41. The SMILES string of the molecule is CCC(CO)(CO)Nc1nnc(C)s1. The second-order valence-electron chi connectivity index (χ2n) is 3.20. The van der Waals surface area contributed by atoms with Crippen LogP contribution in [0.1, 0.15) is 18.4 Å². The maximum atomic E-state index is 9.18. The molecule has 0 bridgehead atoms. The quantitative estimate of drug-likeness (QED) is 0.665. The fourth-order valence-electron chi connectivity index (χ4n) is 1.01. The van der Waals surface area contributed by atoms with E-state index in [1.807, 2.05) is 13.8 Å². The van der Waals surface area contributed by atoms with E-state index < -0.39 is 5.54 Å². The van der Waals surface area contributed by atoms with E-state index in [-0.39, 0.29) is 13.2 Å². The zero-order valence-corrected chi connectivity index (χ0v) is 9.13. The first-order chi connectivity index (χ1) is 6.65. The molecule has 1 aromatic heterocycles. The third-order valence-electron chi connectivity index (χ3n) is 2.18. The molecule has 0 radical (unpaired) electrons. The second kappa shape index (κ2) is 4.68. The Balaban J connectivity index is 2.73. The lowest BCUT2D eigenvalue weighted by Crippen LogP contribution is -2.45. The molecule has 0 atom stereocenters. The van der Waals surface area contributed by atoms with Crippen molar-refractivity contribution in [2.24, 2.45) is 0 Å². The van der Waals surface area contributed by atoms with Crippen LogP contribution in [-0.4, -0.2) is 39.2 Å². The second-order valence-corrected chi connectivity index (χ2v) is 4.38. The molecule has 1 rings (SSSR count). The van der Waals surface area contributed by atoms with E-state index in [2.05, 4.69) is 15.5 Å². The lowest BCUT2D eigenvalue weighted by atomic mass is 9.99. The molecule has 1 aromatic rings. The number of rotatable bonds is 5. The van der Waals surface area contributed by atoms with E-state index in [1.165, 1.54) is 11.3 Å². The zero-order valence-electron chi connectivity index (χ0n) is 8.32. The minimum Gasteiger partial charge on any atom is -0.394 e. The van der Waals surface area contributed by atoms with E-state index >= 15 is 0 Å². The summed E-state index contributed by atoms with van der Waals surface area (Å²) in [5.74, 6) is 0. The van der Waals surface area contributed by atoms with Crippen LogP contribution in [0.5, 0.6) is 0 Å². The van der Waals surface area contributed by atoms with Gasteiger partial charge in [-0.15, -0.1) is 10.2 Å². The Labute approximate surface area is 86.8 Å². The van der Waals surface area contributed by atoms with Gasteiger partial charge in [0.05, 0.1) is 18.8 Å². The maximum Gasteiger partial charge on any atom is 0.206 e. The van der Waals surface area contributed by atoms with Gasteiger partial charge in [0.15, 0.2) is 0 Å². The van der Waals surface area contributed by atoms with Crippen molar-refractivity contribution in [1.82, 2.24) is 10.2 Å². The Morgan fingerprint density at radius 2 is 2.00 bits per heavy atom. The number of hydrogen-bond acceptors (Lipinski definition) is 6. The summed E-state index contributed by atoms with van der Waals surface area (Å²) in [4.78, 5) is 0. The van der Waals surface area contributed by atoms with E-state index in [1.54, 1.807) is 0 Å². The van der Waals surface area contributed by atoms with E-state index in [0.29, 0.717) is 11.6 Å². The molecule has 0 aliphatic heterocycles. The van der Waals surface area contributed by atoms with Crippen molar-refractivity contribution in [2.75, 3.05) is 18.5 Å². The first kappa shape index (κ1) is 11.4. The van der Waals surface area contributed by atoms with Gasteiger partial charge >= 0.3 is 0 Å². The highest BCUT2D eigenvalue weighted by Crippen LogP contribution is 2.21. The van der Waals surface area contributed by atoms with Gasteiger partial charge in [-0.3, -0.25) is 0 Å². The maximum absolute atomic E-state index is 9.18. The number of aliphatic hydroxyl groups excluding tert-OH is 2. The number of anilines is 1. The van der Waals surface area contributed by atoms with Crippen LogP contribution in [0.4, 0.5) is 5.13 Å². The molecule has 6 heteroatoms. The summed E-state index contributed by atoms with van der Waals surface area (Å²) in [5, 5.41) is 30.6. The fourth-order valence-corrected chi connectivity index (χ4v) is 1.73. The standard InChI is InChI=1S/C8H15N3O2S/c1-3-8(4-12,5-13)9-7-11-10-6(2)14-7/h12-13H,3-5H2,1-2H3,(H,9,11). The van der Waals surface area contributed by atoms with Crippen LogP contribution in [0.3, 0.4) is 0 Å². The van der Waals surface area contributed by atoms with Crippen molar-refractivity contribution in [3.05, 3.63) is 5.01 Å². The number of nitrogens with one attached hydrogen (secondary N) is 1. The van der Waals surface area contributed by atoms with Crippen LogP contribution in [0.25, 0.3) is 0 Å². The Hall–Kier alpha value is -0.720. The summed E-state index contributed by atoms with van der Waals surface area (Å²) in [6.45, 7) is 3.50. The summed E-state index contributed by atoms with van der Waals surface area (Å²) < 4.78 is 0. The molecule has 0 aliphatic rings. The molecule has 14 heavy (non-hydrogen) atoms. The van der Waals surface area contributed by atoms with Crippen LogP contribution in [0.2, 0.25) is 0 Å². The first-order valence-corrected chi connectivity index (χ1v) is 5.27. The number of aromatic nitrogens is 2. The van der Waals surface area contributed by atoms with Gasteiger partial charge in [-0.2, -0.15) is 0 Å². The van der Waals surface area contributed by atoms with Crippen LogP contribution in [-0.2, 0) is 0 Å². The van der Waals surface area contributed by atoms with Crippen molar-refractivity contribution < 1.29 is 10.2 Å². The topological polar surface area (TPSA) is 78.3 Å². The molecule has 0 aliphatic carbocycles. The Bertz CT molecular complexity index is 278. The minimum absolute atomic E-state index is 0.126. The van der Waals surface area contributed by atoms with Gasteiger partial charge < -0.3 is 15.5 Å². The molecule has 0 unspecified atom stereocenters. The lowest BCUT2D eigenvalue weighted by molar-refractivity contribution is 0.132. The molecule has 80 valence electrons. The third-order valence-corrected chi connectivity index (χ3v) is 2.93. The van der Waals surface area contributed by atoms with Gasteiger partial charge in [-0.05, 0) is 13.3 Å². The summed E-state index contributed by atoms with van der Waals surface area (Å²) in [5.41, 5.74) is -0.689. The largest absolute Gasteiger partial charge is 0.394 e. The monoisotopic (exact) mass is 217 g/mol. The Kier molecular flexibility index (Phi) is 3.79. The molecule has 0 saturated heterocycles. The normalized spacial score (nSPS) is 11.7. The summed E-state index contributed by atoms with van der Waals surface area (Å²) in [6.07, 6.45) is 0.624. The van der Waals surface area contributed by atoms with Crippen LogP contribution < -0.4 is 5.32 Å². The van der Waals surface area contributed by atoms with Crippen LogP contribution >= 0.6 is 11.3 Å². The van der Waals surface area contributed by atoms with Crippen molar-refractivity contribution in [3.8, 4) is 0 Å². The predicted octanol–water partition coefficient (Wildman–Crippen LogP) is 0.392. The Morgan fingerprint density at radius 3 is 2.36 bits per heavy atom. The van der Waals surface area contributed by atoms with E-state index in [9.17, 15) is 10.2 Å². The number of aryl methyl sites for hydroxylation is 1. The summed E-state index contributed by atoms with van der Waals surface area (Å²) in [7, 11) is 0. The van der Waals surface area contributed by atoms with Gasteiger partial charge in [-0.25, -0.2) is 0 Å². The molecule has 0 fully saturated rings. The fraction of sp³-hybridized carbons (Fsp3) is 0.750. The highest BCUT2D eigenvalue weighted by molar-refractivity contribution is 7.15. The minimum atomic E-state index is -0.689. The molecule has 1 heterocycles. The molecule has 3 N–H and O–H groups in total. The van der Waals surface area contributed by atoms with Gasteiger partial charge in [0.1, 0.15) is 5.01 Å². The molecular weight excluding hydrogens is 202 g/mol. The van der Waals surface area contributed by atoms with Crippen molar-refractivity contribution in [2.45, 2.75) is 25.8 Å².